The van der Waals surface area contributed by atoms with Gasteiger partial charge >= 0.3 is 0 Å². The average molecular weight is 364 g/mol. The number of fused-ring (bicyclic) bond motifs is 1. The van der Waals surface area contributed by atoms with E-state index < -0.39 is 5.41 Å². The molecular formula is C22H21FN2O2. The lowest BCUT2D eigenvalue weighted by atomic mass is 9.83. The molecule has 0 radical (unpaired) electrons. The number of hydrogen-bond acceptors (Lipinski definition) is 2. The highest BCUT2D eigenvalue weighted by Crippen LogP contribution is 2.24. The number of halogens is 1. The Bertz CT molecular complexity index is 976. The summed E-state index contributed by atoms with van der Waals surface area (Å²) < 4.78 is 13.1. The second-order valence-corrected chi connectivity index (χ2v) is 6.89. The van der Waals surface area contributed by atoms with Crippen molar-refractivity contribution in [2.45, 2.75) is 19.3 Å². The van der Waals surface area contributed by atoms with E-state index in [-0.39, 0.29) is 24.2 Å². The summed E-state index contributed by atoms with van der Waals surface area (Å²) in [6, 6.07) is 19.2. The van der Waals surface area contributed by atoms with Gasteiger partial charge < -0.3 is 10.6 Å². The van der Waals surface area contributed by atoms with E-state index in [0.717, 1.165) is 10.8 Å². The van der Waals surface area contributed by atoms with Gasteiger partial charge in [0, 0.05) is 11.1 Å². The lowest BCUT2D eigenvalue weighted by Gasteiger charge is -2.24. The van der Waals surface area contributed by atoms with Crippen LogP contribution >= 0.6 is 0 Å². The number of rotatable bonds is 5. The van der Waals surface area contributed by atoms with Crippen LogP contribution in [0.25, 0.3) is 10.8 Å². The highest BCUT2D eigenvalue weighted by molar-refractivity contribution is 6.03. The van der Waals surface area contributed by atoms with Crippen LogP contribution in [0.1, 0.15) is 19.4 Å². The molecule has 0 atom stereocenters. The van der Waals surface area contributed by atoms with Crippen LogP contribution in [0.3, 0.4) is 0 Å². The molecule has 0 spiro atoms. The van der Waals surface area contributed by atoms with Gasteiger partial charge in [0.1, 0.15) is 5.82 Å². The Kier molecular flexibility index (Phi) is 5.21. The molecule has 2 amide bonds. The fourth-order valence-corrected chi connectivity index (χ4v) is 2.91. The normalized spacial score (nSPS) is 11.2. The van der Waals surface area contributed by atoms with Crippen molar-refractivity contribution in [3.63, 3.8) is 0 Å². The smallest absolute Gasteiger partial charge is 0.243 e. The summed E-state index contributed by atoms with van der Waals surface area (Å²) in [7, 11) is 0. The molecule has 0 saturated heterocycles. The number of nitrogens with one attached hydrogen (secondary N) is 2. The number of carbonyl (C=O) groups is 2. The van der Waals surface area contributed by atoms with Crippen molar-refractivity contribution in [3.05, 3.63) is 78.1 Å². The lowest BCUT2D eigenvalue weighted by Crippen LogP contribution is -2.43. The highest BCUT2D eigenvalue weighted by atomic mass is 19.1. The van der Waals surface area contributed by atoms with E-state index in [4.69, 9.17) is 0 Å². The molecule has 3 aromatic carbocycles. The molecule has 4 nitrogen and oxygen atoms in total. The third kappa shape index (κ3) is 4.14. The second-order valence-electron chi connectivity index (χ2n) is 6.89. The first-order chi connectivity index (χ1) is 12.9. The number of carbonyl (C=O) groups excluding carboxylic acids is 2. The van der Waals surface area contributed by atoms with Crippen LogP contribution in [0, 0.1) is 5.82 Å². The Morgan fingerprint density at radius 1 is 0.926 bits per heavy atom. The number of benzene rings is 3. The SMILES string of the molecule is CC(C)(C(=O)NCC(=O)Nc1cccc2ccccc12)c1ccc(F)cc1. The number of amides is 2. The van der Waals surface area contributed by atoms with E-state index in [1.165, 1.54) is 12.1 Å². The molecule has 0 saturated carbocycles. The molecule has 3 rings (SSSR count). The van der Waals surface area contributed by atoms with Crippen LogP contribution < -0.4 is 10.6 Å². The first-order valence-electron chi connectivity index (χ1n) is 8.70. The third-order valence-electron chi connectivity index (χ3n) is 4.61. The third-order valence-corrected chi connectivity index (χ3v) is 4.61. The Labute approximate surface area is 157 Å². The average Bonchev–Trinajstić information content (AvgIpc) is 2.66. The highest BCUT2D eigenvalue weighted by Gasteiger charge is 2.29. The number of hydrogen-bond donors (Lipinski definition) is 2. The molecule has 0 heterocycles. The molecule has 0 bridgehead atoms. The van der Waals surface area contributed by atoms with Crippen molar-refractivity contribution >= 4 is 28.3 Å². The van der Waals surface area contributed by atoms with Gasteiger partial charge in [0.2, 0.25) is 11.8 Å². The van der Waals surface area contributed by atoms with Gasteiger partial charge in [0.05, 0.1) is 12.0 Å². The van der Waals surface area contributed by atoms with Crippen molar-refractivity contribution in [1.29, 1.82) is 0 Å². The van der Waals surface area contributed by atoms with E-state index >= 15 is 0 Å². The van der Waals surface area contributed by atoms with Crippen LogP contribution in [0.4, 0.5) is 10.1 Å². The summed E-state index contributed by atoms with van der Waals surface area (Å²) in [4.78, 5) is 24.8. The molecule has 0 aliphatic rings. The molecular weight excluding hydrogens is 343 g/mol. The number of anilines is 1. The van der Waals surface area contributed by atoms with Gasteiger partial charge in [-0.1, -0.05) is 48.5 Å². The van der Waals surface area contributed by atoms with Gasteiger partial charge in [-0.25, -0.2) is 4.39 Å². The first kappa shape index (κ1) is 18.6. The predicted octanol–water partition coefficient (Wildman–Crippen LogP) is 4.01. The Morgan fingerprint density at radius 2 is 1.59 bits per heavy atom. The van der Waals surface area contributed by atoms with E-state index in [9.17, 15) is 14.0 Å². The van der Waals surface area contributed by atoms with Crippen LogP contribution in [0.5, 0.6) is 0 Å². The van der Waals surface area contributed by atoms with E-state index in [2.05, 4.69) is 10.6 Å². The van der Waals surface area contributed by atoms with E-state index in [0.29, 0.717) is 11.3 Å². The molecule has 138 valence electrons. The standard InChI is InChI=1S/C22H21FN2O2/c1-22(2,16-10-12-17(23)13-11-16)21(27)24-14-20(26)25-19-9-5-7-15-6-3-4-8-18(15)19/h3-13H,14H2,1-2H3,(H,24,27)(H,25,26). The van der Waals surface area contributed by atoms with Gasteiger partial charge in [-0.2, -0.15) is 0 Å². The van der Waals surface area contributed by atoms with Gasteiger partial charge in [0.15, 0.2) is 0 Å². The van der Waals surface area contributed by atoms with Gasteiger partial charge in [-0.15, -0.1) is 0 Å². The van der Waals surface area contributed by atoms with Crippen LogP contribution in [0.2, 0.25) is 0 Å². The minimum atomic E-state index is -0.882. The quantitative estimate of drug-likeness (QED) is 0.719. The second kappa shape index (κ2) is 7.58. The fourth-order valence-electron chi connectivity index (χ4n) is 2.91. The topological polar surface area (TPSA) is 58.2 Å². The van der Waals surface area contributed by atoms with Crippen molar-refractivity contribution in [3.8, 4) is 0 Å². The maximum Gasteiger partial charge on any atom is 0.243 e. The van der Waals surface area contributed by atoms with Crippen LogP contribution in [-0.2, 0) is 15.0 Å². The van der Waals surface area contributed by atoms with Crippen LogP contribution in [0.15, 0.2) is 66.7 Å². The summed E-state index contributed by atoms with van der Waals surface area (Å²) >= 11 is 0. The maximum absolute atomic E-state index is 13.1. The zero-order valence-corrected chi connectivity index (χ0v) is 15.3. The molecule has 27 heavy (non-hydrogen) atoms. The van der Waals surface area contributed by atoms with E-state index in [1.54, 1.807) is 26.0 Å². The first-order valence-corrected chi connectivity index (χ1v) is 8.70. The Morgan fingerprint density at radius 3 is 2.33 bits per heavy atom. The van der Waals surface area contributed by atoms with Crippen molar-refractivity contribution in [1.82, 2.24) is 5.32 Å². The van der Waals surface area contributed by atoms with Crippen molar-refractivity contribution in [2.75, 3.05) is 11.9 Å². The Balaban J connectivity index is 1.64. The largest absolute Gasteiger partial charge is 0.346 e. The van der Waals surface area contributed by atoms with Crippen molar-refractivity contribution < 1.29 is 14.0 Å². The van der Waals surface area contributed by atoms with Gasteiger partial charge in [-0.3, -0.25) is 9.59 Å². The monoisotopic (exact) mass is 364 g/mol. The van der Waals surface area contributed by atoms with Gasteiger partial charge in [-0.05, 0) is 43.0 Å². The van der Waals surface area contributed by atoms with Crippen molar-refractivity contribution in [2.24, 2.45) is 0 Å². The zero-order valence-electron chi connectivity index (χ0n) is 15.3. The predicted molar refractivity (Wildman–Crippen MR) is 105 cm³/mol. The molecule has 0 aliphatic heterocycles. The minimum Gasteiger partial charge on any atom is -0.346 e. The molecule has 0 fully saturated rings. The van der Waals surface area contributed by atoms with Crippen LogP contribution in [-0.4, -0.2) is 18.4 Å². The molecule has 0 aliphatic carbocycles. The molecule has 0 aromatic heterocycles. The Hall–Kier alpha value is -3.21. The summed E-state index contributed by atoms with van der Waals surface area (Å²) in [6.45, 7) is 3.32. The maximum atomic E-state index is 13.1. The lowest BCUT2D eigenvalue weighted by molar-refractivity contribution is -0.127. The van der Waals surface area contributed by atoms with E-state index in [1.807, 2.05) is 42.5 Å². The summed E-state index contributed by atoms with van der Waals surface area (Å²) in [5.74, 6) is -0.971. The van der Waals surface area contributed by atoms with Gasteiger partial charge in [0.25, 0.3) is 0 Å². The summed E-state index contributed by atoms with van der Waals surface area (Å²) in [5, 5.41) is 7.46. The fraction of sp³-hybridized carbons (Fsp3) is 0.182. The molecule has 2 N–H and O–H groups in total. The molecule has 5 heteroatoms. The summed E-state index contributed by atoms with van der Waals surface area (Å²) in [5.41, 5.74) is 0.494. The summed E-state index contributed by atoms with van der Waals surface area (Å²) in [6.07, 6.45) is 0. The zero-order chi connectivity index (χ0) is 19.4. The molecule has 0 unspecified atom stereocenters. The molecule has 3 aromatic rings. The minimum absolute atomic E-state index is 0.146.